The van der Waals surface area contributed by atoms with Crippen molar-refractivity contribution >= 4 is 68.5 Å². The molecule has 3 aliphatic heterocycles. The first kappa shape index (κ1) is 57.6. The highest BCUT2D eigenvalue weighted by molar-refractivity contribution is 8.77. The normalized spacial score (nSPS) is 28.9. The molecule has 14 nitrogen and oxygen atoms in total. The van der Waals surface area contributed by atoms with Crippen LogP contribution >= 0.6 is 33.2 Å². The molecule has 3 heterocycles. The number of nitrogens with one attached hydrogen (secondary N) is 1. The van der Waals surface area contributed by atoms with Crippen molar-refractivity contribution in [2.75, 3.05) is 39.0 Å². The number of Topliss-reactive ketones (excluding diaryl/α,β-unsaturated/α-hetero) is 1. The summed E-state index contributed by atoms with van der Waals surface area (Å²) in [6.45, 7) is 15.2. The van der Waals surface area contributed by atoms with Gasteiger partial charge in [-0.1, -0.05) is 110 Å². The third-order valence-electron chi connectivity index (χ3n) is 14.9. The van der Waals surface area contributed by atoms with E-state index in [1.165, 1.54) is 43.3 Å². The lowest BCUT2D eigenvalue weighted by molar-refractivity contribution is -0.164. The fourth-order valence-corrected chi connectivity index (χ4v) is 12.9. The molecule has 1 saturated carbocycles. The van der Waals surface area contributed by atoms with E-state index in [4.69, 9.17) is 35.3 Å². The molecule has 3 amide bonds. The number of ether oxygens (including phenoxy) is 5. The highest BCUT2D eigenvalue weighted by Crippen LogP contribution is 2.49. The Morgan fingerprint density at radius 2 is 1.74 bits per heavy atom. The Bertz CT molecular complexity index is 2090. The van der Waals surface area contributed by atoms with Gasteiger partial charge in [-0.05, 0) is 90.8 Å². The summed E-state index contributed by atoms with van der Waals surface area (Å²) in [6, 6.07) is 2.57. The molecule has 1 aromatic carbocycles. The monoisotopic (exact) mass is 1030 g/mol. The number of likely N-dealkylation sites (N-methyl/N-ethyl adjacent to an activating group) is 1. The van der Waals surface area contributed by atoms with Crippen molar-refractivity contribution in [3.05, 3.63) is 46.5 Å². The van der Waals surface area contributed by atoms with Crippen LogP contribution in [0.2, 0.25) is 5.02 Å². The van der Waals surface area contributed by atoms with Crippen molar-refractivity contribution in [2.45, 2.75) is 192 Å². The molecular weight excluding hydrogens is 954 g/mol. The standard InChI is InChI=1S/C53H80ClN3O11S2/c1-33-20-18-24-42(65-12)53(63)32-41(66-49(62)55-53)34(2)46-52(8,68-46)43(31-44(59)57(10)38-29-36(28-33)30-40(64-11)45(38)54)67-47(60)35(3)56(9)48(61)50(4,5)25-26-51(6,7)70-69-27-19-23-39(58)37-21-16-14-13-15-17-22-37/h18,20,24,29-30,34-35,37,41-43,46,63H,13-17,19,21-23,25-28,31-32H2,1-12H3,(H,55,62)/b24-18+,33-20+/t34-,35+,41+,42-,43+,46+,52+,53+/m0/s1. The molecule has 4 bridgehead atoms. The fourth-order valence-electron chi connectivity index (χ4n) is 9.91. The first-order chi connectivity index (χ1) is 32.9. The molecule has 3 fully saturated rings. The number of alkyl carbamates (subject to hydrolysis) is 1. The molecule has 0 spiro atoms. The zero-order chi connectivity index (χ0) is 51.8. The van der Waals surface area contributed by atoms with Gasteiger partial charge in [-0.15, -0.1) is 0 Å². The van der Waals surface area contributed by atoms with Gasteiger partial charge in [-0.2, -0.15) is 0 Å². The second-order valence-electron chi connectivity index (χ2n) is 21.5. The van der Waals surface area contributed by atoms with Gasteiger partial charge < -0.3 is 38.6 Å². The van der Waals surface area contributed by atoms with Crippen molar-refractivity contribution in [3.8, 4) is 5.75 Å². The summed E-state index contributed by atoms with van der Waals surface area (Å²) >= 11 is 6.85. The van der Waals surface area contributed by atoms with Crippen LogP contribution in [0.3, 0.4) is 0 Å². The topological polar surface area (TPSA) is 174 Å². The van der Waals surface area contributed by atoms with Gasteiger partial charge >= 0.3 is 12.1 Å². The van der Waals surface area contributed by atoms with Gasteiger partial charge in [0.25, 0.3) is 0 Å². The number of benzene rings is 1. The summed E-state index contributed by atoms with van der Waals surface area (Å²) in [5, 5.41) is 14.7. The van der Waals surface area contributed by atoms with Gasteiger partial charge in [0, 0.05) is 61.8 Å². The van der Waals surface area contributed by atoms with Gasteiger partial charge in [0.2, 0.25) is 11.8 Å². The minimum absolute atomic E-state index is 0.0609. The number of methoxy groups -OCH3 is 2. The lowest BCUT2D eigenvalue weighted by Crippen LogP contribution is -2.63. The number of hydrogen-bond donors (Lipinski definition) is 2. The van der Waals surface area contributed by atoms with Crippen LogP contribution in [0, 0.1) is 17.3 Å². The molecule has 1 aromatic rings. The molecule has 0 unspecified atom stereocenters. The molecule has 1 aliphatic carbocycles. The highest BCUT2D eigenvalue weighted by atomic mass is 35.5. The Balaban J connectivity index is 1.30. The number of nitrogens with zero attached hydrogens (tertiary/aromatic N) is 2. The second kappa shape index (κ2) is 24.6. The zero-order valence-electron chi connectivity index (χ0n) is 43.7. The fraction of sp³-hybridized carbons (Fsp3) is 0.717. The van der Waals surface area contributed by atoms with E-state index in [2.05, 4.69) is 19.2 Å². The molecule has 2 saturated heterocycles. The number of carbonyl (C=O) groups excluding carboxylic acids is 5. The van der Waals surface area contributed by atoms with E-state index in [0.29, 0.717) is 36.5 Å². The molecule has 70 heavy (non-hydrogen) atoms. The molecule has 0 aromatic heterocycles. The van der Waals surface area contributed by atoms with E-state index in [1.54, 1.807) is 67.7 Å². The third kappa shape index (κ3) is 14.7. The predicted octanol–water partition coefficient (Wildman–Crippen LogP) is 10.2. The third-order valence-corrected chi connectivity index (χ3v) is 18.7. The van der Waals surface area contributed by atoms with Gasteiger partial charge in [0.1, 0.15) is 46.5 Å². The Morgan fingerprint density at radius 1 is 1.07 bits per heavy atom. The van der Waals surface area contributed by atoms with Crippen LogP contribution in [0.4, 0.5) is 10.5 Å². The number of anilines is 1. The summed E-state index contributed by atoms with van der Waals surface area (Å²) in [7, 11) is 9.68. The molecule has 0 radical (unpaired) electrons. The quantitative estimate of drug-likeness (QED) is 0.0694. The number of ketones is 1. The van der Waals surface area contributed by atoms with E-state index in [9.17, 15) is 29.1 Å². The van der Waals surface area contributed by atoms with E-state index >= 15 is 0 Å². The molecular formula is C53H80ClN3O11S2. The number of rotatable bonds is 16. The number of epoxide rings is 1. The van der Waals surface area contributed by atoms with Gasteiger partial charge in [-0.25, -0.2) is 9.59 Å². The predicted molar refractivity (Wildman–Crippen MR) is 278 cm³/mol. The number of amides is 3. The first-order valence-electron chi connectivity index (χ1n) is 25.1. The molecule has 8 atom stereocenters. The second-order valence-corrected chi connectivity index (χ2v) is 25.0. The first-order valence-corrected chi connectivity index (χ1v) is 27.8. The summed E-state index contributed by atoms with van der Waals surface area (Å²) < 4.78 is 29.6. The number of carbonyl (C=O) groups is 5. The number of esters is 1. The maximum Gasteiger partial charge on any atom is 0.409 e. The van der Waals surface area contributed by atoms with Crippen molar-refractivity contribution in [1.82, 2.24) is 10.2 Å². The number of halogens is 1. The lowest BCUT2D eigenvalue weighted by atomic mass is 9.83. The number of fused-ring (bicyclic) bond motifs is 5. The van der Waals surface area contributed by atoms with Crippen molar-refractivity contribution in [2.24, 2.45) is 17.3 Å². The smallest absolute Gasteiger partial charge is 0.409 e. The van der Waals surface area contributed by atoms with Crippen LogP contribution in [0.1, 0.15) is 144 Å². The Morgan fingerprint density at radius 3 is 2.40 bits per heavy atom. The molecule has 2 N–H and O–H groups in total. The summed E-state index contributed by atoms with van der Waals surface area (Å²) in [5.41, 5.74) is -1.80. The largest absolute Gasteiger partial charge is 0.495 e. The molecule has 17 heteroatoms. The van der Waals surface area contributed by atoms with E-state index in [1.807, 2.05) is 39.8 Å². The van der Waals surface area contributed by atoms with Crippen LogP contribution in [0.25, 0.3) is 0 Å². The van der Waals surface area contributed by atoms with Crippen molar-refractivity contribution in [3.63, 3.8) is 0 Å². The Labute approximate surface area is 429 Å². The van der Waals surface area contributed by atoms with Crippen LogP contribution < -0.4 is 15.0 Å². The van der Waals surface area contributed by atoms with Crippen LogP contribution in [0.5, 0.6) is 5.75 Å². The summed E-state index contributed by atoms with van der Waals surface area (Å²) in [4.78, 5) is 71.8. The van der Waals surface area contributed by atoms with Crippen LogP contribution in [0.15, 0.2) is 35.9 Å². The van der Waals surface area contributed by atoms with Crippen molar-refractivity contribution < 1.29 is 52.8 Å². The van der Waals surface area contributed by atoms with Crippen LogP contribution in [-0.2, 0) is 44.5 Å². The minimum atomic E-state index is -1.85. The van der Waals surface area contributed by atoms with Gasteiger partial charge in [0.15, 0.2) is 5.72 Å². The van der Waals surface area contributed by atoms with E-state index in [0.717, 1.165) is 55.4 Å². The molecule has 392 valence electrons. The lowest BCUT2D eigenvalue weighted by Gasteiger charge is -2.42. The summed E-state index contributed by atoms with van der Waals surface area (Å²) in [6.07, 6.45) is 11.8. The highest BCUT2D eigenvalue weighted by Gasteiger charge is 2.64. The molecule has 5 rings (SSSR count). The number of aliphatic hydroxyl groups is 1. The van der Waals surface area contributed by atoms with Crippen molar-refractivity contribution in [1.29, 1.82) is 0 Å². The maximum absolute atomic E-state index is 14.4. The average Bonchev–Trinajstić information content (AvgIpc) is 3.99. The van der Waals surface area contributed by atoms with Gasteiger partial charge in [0.05, 0.1) is 25.3 Å². The van der Waals surface area contributed by atoms with Gasteiger partial charge in [-0.3, -0.25) is 19.7 Å². The Hall–Kier alpha value is -3.28. The average molecular weight is 1030 g/mol. The maximum atomic E-state index is 14.4. The summed E-state index contributed by atoms with van der Waals surface area (Å²) in [5.74, 6) is -0.0309. The minimum Gasteiger partial charge on any atom is -0.495 e. The van der Waals surface area contributed by atoms with E-state index < -0.39 is 71.1 Å². The number of hydrogen-bond acceptors (Lipinski definition) is 13. The number of allylic oxidation sites excluding steroid dienone is 3. The Kier molecular flexibility index (Phi) is 20.3. The molecule has 4 aliphatic rings. The SMILES string of the molecule is COc1cc2cc(c1Cl)N(C)C(=O)C[C@@H](OC(=O)[C@@H](C)N(C)C(=O)C(C)(C)CCC(C)(C)SSCCCC(=O)C1CCCCCCC1)[C@@]1(C)O[C@@H]1[C@@H](C)[C@H]1C[C@](O)(NC(=O)O1)[C@@H](OC)/C=C/C=C(\C)C2. The van der Waals surface area contributed by atoms with E-state index in [-0.39, 0.29) is 34.4 Å². The zero-order valence-corrected chi connectivity index (χ0v) is 46.0. The van der Waals surface area contributed by atoms with Crippen LogP contribution in [-0.4, -0.2) is 120 Å².